The fraction of sp³-hybridized carbons (Fsp3) is 1.00. The molecule has 3 nitrogen and oxygen atoms in total. The zero-order valence-electron chi connectivity index (χ0n) is 6.58. The Bertz CT molecular complexity index is 99.8. The smallest absolute Gasteiger partial charge is 0.136 e. The maximum Gasteiger partial charge on any atom is 0.136 e. The summed E-state index contributed by atoms with van der Waals surface area (Å²) in [6.07, 6.45) is -0.296. The SMILES string of the molecule is CCN(CC)C(O)C1CO1. The molecule has 0 bridgehead atoms. The predicted octanol–water partition coefficient (Wildman–Crippen LogP) is 0.0454. The lowest BCUT2D eigenvalue weighted by Gasteiger charge is -2.22. The Morgan fingerprint density at radius 2 is 2.10 bits per heavy atom. The van der Waals surface area contributed by atoms with E-state index in [1.54, 1.807) is 0 Å². The predicted molar refractivity (Wildman–Crippen MR) is 38.7 cm³/mol. The summed E-state index contributed by atoms with van der Waals surface area (Å²) in [5.41, 5.74) is 0. The van der Waals surface area contributed by atoms with E-state index in [1.165, 1.54) is 0 Å². The summed E-state index contributed by atoms with van der Waals surface area (Å²) < 4.78 is 4.96. The third-order valence-corrected chi connectivity index (χ3v) is 1.88. The highest BCUT2D eigenvalue weighted by atomic mass is 16.6. The van der Waals surface area contributed by atoms with E-state index in [0.29, 0.717) is 0 Å². The molecule has 1 aliphatic rings. The van der Waals surface area contributed by atoms with Crippen molar-refractivity contribution in [2.24, 2.45) is 0 Å². The minimum absolute atomic E-state index is 0.0832. The van der Waals surface area contributed by atoms with Crippen LogP contribution in [0.15, 0.2) is 0 Å². The van der Waals surface area contributed by atoms with E-state index in [-0.39, 0.29) is 12.3 Å². The van der Waals surface area contributed by atoms with Crippen LogP contribution >= 0.6 is 0 Å². The molecule has 0 aromatic heterocycles. The number of hydrogen-bond acceptors (Lipinski definition) is 3. The van der Waals surface area contributed by atoms with Gasteiger partial charge in [0.25, 0.3) is 0 Å². The van der Waals surface area contributed by atoms with Gasteiger partial charge in [-0.3, -0.25) is 4.90 Å². The topological polar surface area (TPSA) is 36.0 Å². The third kappa shape index (κ3) is 1.68. The van der Waals surface area contributed by atoms with Crippen LogP contribution < -0.4 is 0 Å². The van der Waals surface area contributed by atoms with Crippen molar-refractivity contribution in [1.82, 2.24) is 4.90 Å². The van der Waals surface area contributed by atoms with Gasteiger partial charge in [-0.15, -0.1) is 0 Å². The van der Waals surface area contributed by atoms with Crippen LogP contribution in [0, 0.1) is 0 Å². The summed E-state index contributed by atoms with van der Waals surface area (Å²) in [5.74, 6) is 0. The molecule has 2 unspecified atom stereocenters. The standard InChI is InChI=1S/C7H15NO2/c1-3-8(4-2)7(9)6-5-10-6/h6-7,9H,3-5H2,1-2H3. The van der Waals surface area contributed by atoms with E-state index < -0.39 is 0 Å². The molecular formula is C7H15NO2. The van der Waals surface area contributed by atoms with Gasteiger partial charge in [-0.2, -0.15) is 0 Å². The Hall–Kier alpha value is -0.120. The summed E-state index contributed by atoms with van der Waals surface area (Å²) in [6.45, 7) is 6.57. The zero-order chi connectivity index (χ0) is 7.56. The van der Waals surface area contributed by atoms with Gasteiger partial charge in [-0.1, -0.05) is 13.8 Å². The van der Waals surface area contributed by atoms with Crippen molar-refractivity contribution in [3.05, 3.63) is 0 Å². The van der Waals surface area contributed by atoms with Crippen molar-refractivity contribution in [3.8, 4) is 0 Å². The number of likely N-dealkylation sites (N-methyl/N-ethyl adjacent to an activating group) is 1. The quantitative estimate of drug-likeness (QED) is 0.448. The number of epoxide rings is 1. The van der Waals surface area contributed by atoms with Crippen LogP contribution in [0.3, 0.4) is 0 Å². The van der Waals surface area contributed by atoms with Crippen molar-refractivity contribution in [2.75, 3.05) is 19.7 Å². The monoisotopic (exact) mass is 145 g/mol. The van der Waals surface area contributed by atoms with Gasteiger partial charge in [0.1, 0.15) is 12.3 Å². The molecule has 1 N–H and O–H groups in total. The minimum atomic E-state index is -0.380. The van der Waals surface area contributed by atoms with Gasteiger partial charge in [0, 0.05) is 0 Å². The highest BCUT2D eigenvalue weighted by Gasteiger charge is 2.34. The molecule has 1 fully saturated rings. The van der Waals surface area contributed by atoms with Crippen molar-refractivity contribution < 1.29 is 9.84 Å². The van der Waals surface area contributed by atoms with Gasteiger partial charge in [0.15, 0.2) is 0 Å². The van der Waals surface area contributed by atoms with Crippen LogP contribution in [0.5, 0.6) is 0 Å². The molecule has 2 atom stereocenters. The van der Waals surface area contributed by atoms with Crippen molar-refractivity contribution in [1.29, 1.82) is 0 Å². The number of aliphatic hydroxyl groups is 1. The third-order valence-electron chi connectivity index (χ3n) is 1.88. The Morgan fingerprint density at radius 3 is 2.40 bits per heavy atom. The van der Waals surface area contributed by atoms with Crippen LogP contribution in [0.4, 0.5) is 0 Å². The molecule has 0 aliphatic carbocycles. The van der Waals surface area contributed by atoms with Gasteiger partial charge >= 0.3 is 0 Å². The lowest BCUT2D eigenvalue weighted by molar-refractivity contribution is -0.00981. The van der Waals surface area contributed by atoms with Crippen molar-refractivity contribution in [2.45, 2.75) is 26.2 Å². The fourth-order valence-electron chi connectivity index (χ4n) is 1.06. The summed E-state index contributed by atoms with van der Waals surface area (Å²) >= 11 is 0. The largest absolute Gasteiger partial charge is 0.376 e. The molecule has 0 spiro atoms. The number of ether oxygens (including phenoxy) is 1. The second kappa shape index (κ2) is 3.32. The summed E-state index contributed by atoms with van der Waals surface area (Å²) in [6, 6.07) is 0. The molecule has 0 saturated carbocycles. The highest BCUT2D eigenvalue weighted by Crippen LogP contribution is 2.16. The maximum atomic E-state index is 9.45. The Labute approximate surface area is 61.6 Å². The molecule has 1 heterocycles. The molecule has 3 heteroatoms. The van der Waals surface area contributed by atoms with Crippen LogP contribution in [0.1, 0.15) is 13.8 Å². The first kappa shape index (κ1) is 7.98. The lowest BCUT2D eigenvalue weighted by Crippen LogP contribution is -2.38. The average Bonchev–Trinajstić information content (AvgIpc) is 2.71. The lowest BCUT2D eigenvalue weighted by atomic mass is 10.3. The Morgan fingerprint density at radius 1 is 1.60 bits per heavy atom. The molecule has 10 heavy (non-hydrogen) atoms. The number of hydrogen-bond donors (Lipinski definition) is 1. The second-order valence-corrected chi connectivity index (χ2v) is 2.51. The molecule has 1 saturated heterocycles. The van der Waals surface area contributed by atoms with Gasteiger partial charge in [-0.05, 0) is 13.1 Å². The molecule has 1 rings (SSSR count). The van der Waals surface area contributed by atoms with E-state index in [0.717, 1.165) is 19.7 Å². The maximum absolute atomic E-state index is 9.45. The Balaban J connectivity index is 2.27. The van der Waals surface area contributed by atoms with Crippen molar-refractivity contribution >= 4 is 0 Å². The van der Waals surface area contributed by atoms with Crippen LogP contribution in [0.25, 0.3) is 0 Å². The second-order valence-electron chi connectivity index (χ2n) is 2.51. The minimum Gasteiger partial charge on any atom is -0.376 e. The molecule has 60 valence electrons. The normalized spacial score (nSPS) is 27.0. The number of nitrogens with zero attached hydrogens (tertiary/aromatic N) is 1. The Kier molecular flexibility index (Phi) is 2.65. The molecule has 1 aliphatic heterocycles. The van der Waals surface area contributed by atoms with E-state index in [9.17, 15) is 5.11 Å². The summed E-state index contributed by atoms with van der Waals surface area (Å²) in [5, 5.41) is 9.45. The van der Waals surface area contributed by atoms with E-state index in [2.05, 4.69) is 0 Å². The first-order valence-corrected chi connectivity index (χ1v) is 3.83. The summed E-state index contributed by atoms with van der Waals surface area (Å²) in [7, 11) is 0. The molecular weight excluding hydrogens is 130 g/mol. The van der Waals surface area contributed by atoms with E-state index in [1.807, 2.05) is 18.7 Å². The average molecular weight is 145 g/mol. The van der Waals surface area contributed by atoms with Gasteiger partial charge in [-0.25, -0.2) is 0 Å². The molecule has 0 amide bonds. The fourth-order valence-corrected chi connectivity index (χ4v) is 1.06. The molecule has 0 radical (unpaired) electrons. The first-order valence-electron chi connectivity index (χ1n) is 3.83. The van der Waals surface area contributed by atoms with Crippen LogP contribution in [-0.2, 0) is 4.74 Å². The van der Waals surface area contributed by atoms with Crippen LogP contribution in [-0.4, -0.2) is 42.0 Å². The molecule has 0 aromatic rings. The molecule has 0 aromatic carbocycles. The van der Waals surface area contributed by atoms with E-state index >= 15 is 0 Å². The van der Waals surface area contributed by atoms with Crippen molar-refractivity contribution in [3.63, 3.8) is 0 Å². The number of rotatable bonds is 4. The summed E-state index contributed by atoms with van der Waals surface area (Å²) in [4.78, 5) is 1.98. The van der Waals surface area contributed by atoms with Gasteiger partial charge in [0.2, 0.25) is 0 Å². The van der Waals surface area contributed by atoms with Crippen LogP contribution in [0.2, 0.25) is 0 Å². The first-order chi connectivity index (χ1) is 4.79. The van der Waals surface area contributed by atoms with Gasteiger partial charge < -0.3 is 9.84 Å². The number of aliphatic hydroxyl groups excluding tert-OH is 1. The highest BCUT2D eigenvalue weighted by molar-refractivity contribution is 4.78. The zero-order valence-corrected chi connectivity index (χ0v) is 6.58. The van der Waals surface area contributed by atoms with E-state index in [4.69, 9.17) is 4.74 Å². The van der Waals surface area contributed by atoms with Gasteiger partial charge in [0.05, 0.1) is 6.61 Å².